The molecule has 1 saturated carbocycles. The molecule has 1 aliphatic heterocycles. The van der Waals surface area contributed by atoms with E-state index >= 15 is 0 Å². The summed E-state index contributed by atoms with van der Waals surface area (Å²) in [5.74, 6) is 0.556. The number of halogens is 3. The van der Waals surface area contributed by atoms with Gasteiger partial charge in [0.25, 0.3) is 0 Å². The molecule has 1 amide bonds. The van der Waals surface area contributed by atoms with Crippen molar-refractivity contribution in [1.82, 2.24) is 20.0 Å². The molecule has 1 N–H and O–H groups in total. The molecular formula is C18H27F3N4O. The monoisotopic (exact) mass is 372 g/mol. The number of carbonyl (C=O) groups excluding carboxylic acids is 1. The van der Waals surface area contributed by atoms with Crippen LogP contribution in [0.1, 0.15) is 56.8 Å². The van der Waals surface area contributed by atoms with Gasteiger partial charge in [-0.15, -0.1) is 0 Å². The normalized spacial score (nSPS) is 21.0. The van der Waals surface area contributed by atoms with Crippen LogP contribution in [0.15, 0.2) is 6.07 Å². The fourth-order valence-corrected chi connectivity index (χ4v) is 3.54. The van der Waals surface area contributed by atoms with Crippen LogP contribution in [0.3, 0.4) is 0 Å². The fourth-order valence-electron chi connectivity index (χ4n) is 3.54. The molecule has 1 saturated heterocycles. The molecule has 1 aliphatic carbocycles. The second-order valence-electron chi connectivity index (χ2n) is 7.84. The molecule has 0 bridgehead atoms. The van der Waals surface area contributed by atoms with Gasteiger partial charge in [-0.25, -0.2) is 0 Å². The number of rotatable bonds is 6. The van der Waals surface area contributed by atoms with E-state index in [0.717, 1.165) is 44.5 Å². The molecule has 26 heavy (non-hydrogen) atoms. The van der Waals surface area contributed by atoms with Gasteiger partial charge in [0.1, 0.15) is 6.54 Å². The van der Waals surface area contributed by atoms with E-state index in [1.807, 2.05) is 6.92 Å². The first kappa shape index (κ1) is 19.2. The third-order valence-electron chi connectivity index (χ3n) is 5.21. The Morgan fingerprint density at radius 1 is 1.31 bits per heavy atom. The Hall–Kier alpha value is -1.57. The number of nitrogens with zero attached hydrogens (tertiary/aromatic N) is 3. The Morgan fingerprint density at radius 3 is 2.54 bits per heavy atom. The summed E-state index contributed by atoms with van der Waals surface area (Å²) in [5.41, 5.74) is -0.396. The highest BCUT2D eigenvalue weighted by molar-refractivity contribution is 5.76. The topological polar surface area (TPSA) is 50.2 Å². The van der Waals surface area contributed by atoms with Crippen LogP contribution in [0.5, 0.6) is 0 Å². The Bertz CT molecular complexity index is 631. The maximum absolute atomic E-state index is 12.9. The van der Waals surface area contributed by atoms with Gasteiger partial charge in [0.05, 0.1) is 0 Å². The molecule has 2 heterocycles. The minimum absolute atomic E-state index is 0.0436. The standard InChI is InChI=1S/C18H27F3N4O/c1-12-5-7-24(8-6-12)10-13(2)22-17(26)11-25-15(14-3-4-14)9-16(23-25)18(19,20)21/h9,12-14H,3-8,10-11H2,1-2H3,(H,22,26)/t13-/m0/s1. The van der Waals surface area contributed by atoms with Crippen molar-refractivity contribution >= 4 is 5.91 Å². The lowest BCUT2D eigenvalue weighted by Crippen LogP contribution is -2.45. The average molecular weight is 372 g/mol. The van der Waals surface area contributed by atoms with Crippen molar-refractivity contribution in [2.24, 2.45) is 5.92 Å². The summed E-state index contributed by atoms with van der Waals surface area (Å²) in [6, 6.07) is 1.04. The Balaban J connectivity index is 1.55. The minimum atomic E-state index is -4.48. The molecule has 0 radical (unpaired) electrons. The van der Waals surface area contributed by atoms with E-state index in [-0.39, 0.29) is 24.4 Å². The molecule has 8 heteroatoms. The Kier molecular flexibility index (Phi) is 5.60. The molecular weight excluding hydrogens is 345 g/mol. The molecule has 0 aromatic carbocycles. The van der Waals surface area contributed by atoms with E-state index in [9.17, 15) is 18.0 Å². The van der Waals surface area contributed by atoms with Crippen molar-refractivity contribution in [1.29, 1.82) is 0 Å². The lowest BCUT2D eigenvalue weighted by atomic mass is 9.99. The predicted molar refractivity (Wildman–Crippen MR) is 91.6 cm³/mol. The number of amides is 1. The van der Waals surface area contributed by atoms with Gasteiger partial charge in [-0.2, -0.15) is 18.3 Å². The number of hydrogen-bond acceptors (Lipinski definition) is 3. The first-order valence-electron chi connectivity index (χ1n) is 9.39. The highest BCUT2D eigenvalue weighted by Gasteiger charge is 2.38. The number of hydrogen-bond donors (Lipinski definition) is 1. The van der Waals surface area contributed by atoms with E-state index < -0.39 is 11.9 Å². The number of alkyl halides is 3. The first-order valence-corrected chi connectivity index (χ1v) is 9.39. The zero-order valence-corrected chi connectivity index (χ0v) is 15.4. The summed E-state index contributed by atoms with van der Waals surface area (Å²) >= 11 is 0. The Morgan fingerprint density at radius 2 is 1.96 bits per heavy atom. The minimum Gasteiger partial charge on any atom is -0.351 e. The van der Waals surface area contributed by atoms with Gasteiger partial charge in [-0.1, -0.05) is 6.92 Å². The zero-order chi connectivity index (χ0) is 18.9. The summed E-state index contributed by atoms with van der Waals surface area (Å²) in [5, 5.41) is 6.53. The lowest BCUT2D eigenvalue weighted by Gasteiger charge is -2.32. The number of likely N-dealkylation sites (tertiary alicyclic amines) is 1. The maximum Gasteiger partial charge on any atom is 0.435 e. The van der Waals surface area contributed by atoms with Crippen LogP contribution in [0, 0.1) is 5.92 Å². The summed E-state index contributed by atoms with van der Waals surface area (Å²) < 4.78 is 40.0. The van der Waals surface area contributed by atoms with Crippen molar-refractivity contribution in [3.63, 3.8) is 0 Å². The smallest absolute Gasteiger partial charge is 0.351 e. The van der Waals surface area contributed by atoms with Crippen molar-refractivity contribution in [3.05, 3.63) is 17.5 Å². The second-order valence-corrected chi connectivity index (χ2v) is 7.84. The third kappa shape index (κ3) is 4.99. The van der Waals surface area contributed by atoms with Gasteiger partial charge in [0.15, 0.2) is 5.69 Å². The van der Waals surface area contributed by atoms with E-state index in [2.05, 4.69) is 22.2 Å². The van der Waals surface area contributed by atoms with E-state index in [4.69, 9.17) is 0 Å². The van der Waals surface area contributed by atoms with Crippen LogP contribution in [0.25, 0.3) is 0 Å². The van der Waals surface area contributed by atoms with Crippen LogP contribution in [-0.4, -0.2) is 46.3 Å². The number of piperidine rings is 1. The van der Waals surface area contributed by atoms with Gasteiger partial charge in [-0.3, -0.25) is 9.48 Å². The largest absolute Gasteiger partial charge is 0.435 e. The zero-order valence-electron chi connectivity index (χ0n) is 15.4. The van der Waals surface area contributed by atoms with Gasteiger partial charge in [0, 0.05) is 24.2 Å². The number of carbonyl (C=O) groups is 1. The summed E-state index contributed by atoms with van der Waals surface area (Å²) in [6.07, 6.45) is -0.440. The molecule has 1 atom stereocenters. The van der Waals surface area contributed by atoms with Crippen molar-refractivity contribution in [2.75, 3.05) is 19.6 Å². The third-order valence-corrected chi connectivity index (χ3v) is 5.21. The van der Waals surface area contributed by atoms with Gasteiger partial charge >= 0.3 is 6.18 Å². The van der Waals surface area contributed by atoms with E-state index in [0.29, 0.717) is 5.69 Å². The fraction of sp³-hybridized carbons (Fsp3) is 0.778. The molecule has 1 aromatic rings. The lowest BCUT2D eigenvalue weighted by molar-refractivity contribution is -0.141. The predicted octanol–water partition coefficient (Wildman–Crippen LogP) is 3.02. The van der Waals surface area contributed by atoms with Crippen LogP contribution in [0.2, 0.25) is 0 Å². The Labute approximate surface area is 151 Å². The molecule has 146 valence electrons. The highest BCUT2D eigenvalue weighted by Crippen LogP contribution is 2.42. The van der Waals surface area contributed by atoms with Gasteiger partial charge < -0.3 is 10.2 Å². The van der Waals surface area contributed by atoms with Crippen LogP contribution in [0.4, 0.5) is 13.2 Å². The maximum atomic E-state index is 12.9. The SMILES string of the molecule is CC1CCN(C[C@H](C)NC(=O)Cn2nc(C(F)(F)F)cc2C2CC2)CC1. The van der Waals surface area contributed by atoms with E-state index in [1.165, 1.54) is 17.5 Å². The molecule has 1 aromatic heterocycles. The van der Waals surface area contributed by atoms with E-state index in [1.54, 1.807) is 0 Å². The molecule has 0 spiro atoms. The quantitative estimate of drug-likeness (QED) is 0.835. The second kappa shape index (κ2) is 7.58. The highest BCUT2D eigenvalue weighted by atomic mass is 19.4. The summed E-state index contributed by atoms with van der Waals surface area (Å²) in [4.78, 5) is 14.6. The molecule has 3 rings (SSSR count). The molecule has 0 unspecified atom stereocenters. The molecule has 5 nitrogen and oxygen atoms in total. The van der Waals surface area contributed by atoms with Crippen LogP contribution < -0.4 is 5.32 Å². The van der Waals surface area contributed by atoms with Crippen LogP contribution >= 0.6 is 0 Å². The summed E-state index contributed by atoms with van der Waals surface area (Å²) in [7, 11) is 0. The molecule has 2 aliphatic rings. The van der Waals surface area contributed by atoms with Crippen molar-refractivity contribution in [2.45, 2.75) is 64.2 Å². The average Bonchev–Trinajstić information content (AvgIpc) is 3.29. The van der Waals surface area contributed by atoms with Gasteiger partial charge in [-0.05, 0) is 57.7 Å². The van der Waals surface area contributed by atoms with Crippen molar-refractivity contribution < 1.29 is 18.0 Å². The number of nitrogens with one attached hydrogen (secondary N) is 1. The van der Waals surface area contributed by atoms with Gasteiger partial charge in [0.2, 0.25) is 5.91 Å². The molecule has 2 fully saturated rings. The number of aromatic nitrogens is 2. The van der Waals surface area contributed by atoms with Crippen molar-refractivity contribution in [3.8, 4) is 0 Å². The van der Waals surface area contributed by atoms with Crippen LogP contribution in [-0.2, 0) is 17.5 Å². The summed E-state index contributed by atoms with van der Waals surface area (Å²) in [6.45, 7) is 6.84. The first-order chi connectivity index (χ1) is 12.2.